The van der Waals surface area contributed by atoms with Gasteiger partial charge in [-0.3, -0.25) is 0 Å². The van der Waals surface area contributed by atoms with Gasteiger partial charge in [0.25, 0.3) is 0 Å². The summed E-state index contributed by atoms with van der Waals surface area (Å²) in [6.45, 7) is 10.1. The number of aliphatic hydroxyl groups excluding tert-OH is 1. The van der Waals surface area contributed by atoms with Crippen molar-refractivity contribution in [3.05, 3.63) is 0 Å². The van der Waals surface area contributed by atoms with Gasteiger partial charge in [-0.25, -0.2) is 0 Å². The first-order chi connectivity index (χ1) is 7.36. The number of hydrogen-bond donors (Lipinski definition) is 1. The van der Waals surface area contributed by atoms with Gasteiger partial charge in [-0.15, -0.1) is 0 Å². The number of rotatable bonds is 4. The van der Waals surface area contributed by atoms with E-state index in [9.17, 15) is 5.11 Å². The highest BCUT2D eigenvalue weighted by Gasteiger charge is 2.31. The Balaban J connectivity index is 2.52. The normalized spacial score (nSPS) is 32.1. The molecule has 2 nitrogen and oxygen atoms in total. The van der Waals surface area contributed by atoms with Crippen LogP contribution in [0.4, 0.5) is 0 Å². The molecule has 0 heterocycles. The fourth-order valence-corrected chi connectivity index (χ4v) is 2.55. The van der Waals surface area contributed by atoms with E-state index >= 15 is 0 Å². The second kappa shape index (κ2) is 5.50. The van der Waals surface area contributed by atoms with Crippen molar-refractivity contribution in [3.8, 4) is 0 Å². The first-order valence-electron chi connectivity index (χ1n) is 6.76. The summed E-state index contributed by atoms with van der Waals surface area (Å²) in [6.07, 6.45) is 4.45. The van der Waals surface area contributed by atoms with Crippen LogP contribution in [0.1, 0.15) is 53.4 Å². The Morgan fingerprint density at radius 2 is 1.94 bits per heavy atom. The minimum atomic E-state index is -0.0775. The van der Waals surface area contributed by atoms with Crippen molar-refractivity contribution >= 4 is 0 Å². The van der Waals surface area contributed by atoms with Crippen molar-refractivity contribution in [2.75, 3.05) is 13.6 Å². The maximum Gasteiger partial charge on any atom is 0.0580 e. The van der Waals surface area contributed by atoms with E-state index < -0.39 is 0 Å². The summed E-state index contributed by atoms with van der Waals surface area (Å²) in [7, 11) is 2.19. The van der Waals surface area contributed by atoms with Crippen LogP contribution in [0.5, 0.6) is 0 Å². The number of aliphatic hydroxyl groups is 1. The maximum atomic E-state index is 10.0. The minimum Gasteiger partial charge on any atom is -0.393 e. The van der Waals surface area contributed by atoms with Gasteiger partial charge >= 0.3 is 0 Å². The van der Waals surface area contributed by atoms with Gasteiger partial charge in [0, 0.05) is 12.1 Å². The molecule has 3 unspecified atom stereocenters. The lowest BCUT2D eigenvalue weighted by molar-refractivity contribution is 0.0151. The first kappa shape index (κ1) is 14.0. The van der Waals surface area contributed by atoms with Gasteiger partial charge in [0.15, 0.2) is 0 Å². The second-order valence-electron chi connectivity index (χ2n) is 6.29. The molecule has 16 heavy (non-hydrogen) atoms. The lowest BCUT2D eigenvalue weighted by Crippen LogP contribution is -2.46. The highest BCUT2D eigenvalue weighted by Crippen LogP contribution is 2.31. The third kappa shape index (κ3) is 3.46. The van der Waals surface area contributed by atoms with Crippen molar-refractivity contribution in [2.45, 2.75) is 65.0 Å². The highest BCUT2D eigenvalue weighted by molar-refractivity contribution is 4.84. The van der Waals surface area contributed by atoms with Crippen molar-refractivity contribution in [1.82, 2.24) is 4.90 Å². The quantitative estimate of drug-likeness (QED) is 0.798. The molecule has 0 spiro atoms. The fraction of sp³-hybridized carbons (Fsp3) is 1.00. The van der Waals surface area contributed by atoms with Gasteiger partial charge in [0.1, 0.15) is 0 Å². The average molecular weight is 227 g/mol. The van der Waals surface area contributed by atoms with Gasteiger partial charge in [0.05, 0.1) is 6.10 Å². The summed E-state index contributed by atoms with van der Waals surface area (Å²) >= 11 is 0. The lowest BCUT2D eigenvalue weighted by atomic mass is 9.79. The van der Waals surface area contributed by atoms with Crippen LogP contribution in [-0.2, 0) is 0 Å². The second-order valence-corrected chi connectivity index (χ2v) is 6.29. The Hall–Kier alpha value is -0.0800. The maximum absolute atomic E-state index is 10.0. The van der Waals surface area contributed by atoms with Crippen LogP contribution >= 0.6 is 0 Å². The molecule has 0 aromatic heterocycles. The molecule has 0 radical (unpaired) electrons. The molecule has 0 aromatic rings. The smallest absolute Gasteiger partial charge is 0.0580 e. The SMILES string of the molecule is CCC(C)(C)N(C)CC1CC(C)CCC1O. The van der Waals surface area contributed by atoms with Crippen molar-refractivity contribution < 1.29 is 5.11 Å². The molecule has 0 saturated heterocycles. The molecule has 1 aliphatic carbocycles. The van der Waals surface area contributed by atoms with E-state index in [2.05, 4.69) is 39.6 Å². The van der Waals surface area contributed by atoms with Crippen LogP contribution < -0.4 is 0 Å². The number of hydrogen-bond acceptors (Lipinski definition) is 2. The zero-order valence-corrected chi connectivity index (χ0v) is 11.7. The summed E-state index contributed by atoms with van der Waals surface area (Å²) in [6, 6.07) is 0. The molecule has 2 heteroatoms. The summed E-state index contributed by atoms with van der Waals surface area (Å²) in [5.41, 5.74) is 0.250. The predicted molar refractivity (Wildman–Crippen MR) is 69.5 cm³/mol. The Morgan fingerprint density at radius 1 is 1.31 bits per heavy atom. The van der Waals surface area contributed by atoms with Crippen LogP contribution in [0.3, 0.4) is 0 Å². The third-order valence-electron chi connectivity index (χ3n) is 4.61. The molecule has 1 saturated carbocycles. The molecule has 1 rings (SSSR count). The van der Waals surface area contributed by atoms with Crippen LogP contribution in [0.15, 0.2) is 0 Å². The molecule has 1 N–H and O–H groups in total. The van der Waals surface area contributed by atoms with Gasteiger partial charge in [0.2, 0.25) is 0 Å². The Bertz CT molecular complexity index is 215. The van der Waals surface area contributed by atoms with Gasteiger partial charge in [-0.1, -0.05) is 13.8 Å². The monoisotopic (exact) mass is 227 g/mol. The van der Waals surface area contributed by atoms with E-state index in [1.165, 1.54) is 12.8 Å². The highest BCUT2D eigenvalue weighted by atomic mass is 16.3. The van der Waals surface area contributed by atoms with E-state index in [4.69, 9.17) is 0 Å². The topological polar surface area (TPSA) is 23.5 Å². The zero-order chi connectivity index (χ0) is 12.3. The third-order valence-corrected chi connectivity index (χ3v) is 4.61. The molecule has 1 aliphatic rings. The summed E-state index contributed by atoms with van der Waals surface area (Å²) < 4.78 is 0. The van der Waals surface area contributed by atoms with Crippen LogP contribution in [0, 0.1) is 11.8 Å². The van der Waals surface area contributed by atoms with Gasteiger partial charge < -0.3 is 10.0 Å². The lowest BCUT2D eigenvalue weighted by Gasteiger charge is -2.40. The molecule has 96 valence electrons. The molecule has 0 bridgehead atoms. The summed E-state index contributed by atoms with van der Waals surface area (Å²) in [4.78, 5) is 2.42. The minimum absolute atomic E-state index is 0.0775. The molecular weight excluding hydrogens is 198 g/mol. The van der Waals surface area contributed by atoms with Crippen molar-refractivity contribution in [1.29, 1.82) is 0 Å². The Labute approximate surface area is 101 Å². The molecule has 3 atom stereocenters. The molecule has 0 aromatic carbocycles. The molecule has 0 amide bonds. The predicted octanol–water partition coefficient (Wildman–Crippen LogP) is 2.90. The van der Waals surface area contributed by atoms with Crippen LogP contribution in [-0.4, -0.2) is 35.2 Å². The molecule has 0 aliphatic heterocycles. The standard InChI is InChI=1S/C14H29NO/c1-6-14(3,4)15(5)10-12-9-11(2)7-8-13(12)16/h11-13,16H,6-10H2,1-5H3. The van der Waals surface area contributed by atoms with E-state index in [0.717, 1.165) is 25.3 Å². The molecule has 1 fully saturated rings. The summed E-state index contributed by atoms with van der Waals surface area (Å²) in [5.74, 6) is 1.26. The van der Waals surface area contributed by atoms with Crippen molar-refractivity contribution in [2.24, 2.45) is 11.8 Å². The van der Waals surface area contributed by atoms with E-state index in [1.54, 1.807) is 0 Å². The first-order valence-corrected chi connectivity index (χ1v) is 6.76. The van der Waals surface area contributed by atoms with Crippen LogP contribution in [0.25, 0.3) is 0 Å². The van der Waals surface area contributed by atoms with Crippen molar-refractivity contribution in [3.63, 3.8) is 0 Å². The largest absolute Gasteiger partial charge is 0.393 e. The van der Waals surface area contributed by atoms with Gasteiger partial charge in [-0.2, -0.15) is 0 Å². The fourth-order valence-electron chi connectivity index (χ4n) is 2.55. The van der Waals surface area contributed by atoms with Gasteiger partial charge in [-0.05, 0) is 58.4 Å². The van der Waals surface area contributed by atoms with E-state index in [1.807, 2.05) is 0 Å². The number of nitrogens with zero attached hydrogens (tertiary/aromatic N) is 1. The summed E-state index contributed by atoms with van der Waals surface area (Å²) in [5, 5.41) is 10.0. The Kier molecular flexibility index (Phi) is 4.81. The van der Waals surface area contributed by atoms with E-state index in [0.29, 0.717) is 5.92 Å². The zero-order valence-electron chi connectivity index (χ0n) is 11.7. The average Bonchev–Trinajstić information content (AvgIpc) is 2.23. The van der Waals surface area contributed by atoms with E-state index in [-0.39, 0.29) is 11.6 Å². The molecular formula is C14H29NO. The Morgan fingerprint density at radius 3 is 2.50 bits per heavy atom. The van der Waals surface area contributed by atoms with Crippen LogP contribution in [0.2, 0.25) is 0 Å².